The Morgan fingerprint density at radius 2 is 2.00 bits per heavy atom. The summed E-state index contributed by atoms with van der Waals surface area (Å²) in [6.07, 6.45) is 0. The molecule has 3 rings (SSSR count). The van der Waals surface area contributed by atoms with Crippen LogP contribution in [0, 0.1) is 0 Å². The first-order valence-corrected chi connectivity index (χ1v) is 6.38. The highest BCUT2D eigenvalue weighted by molar-refractivity contribution is 5.90. The minimum absolute atomic E-state index is 0.0957. The lowest BCUT2D eigenvalue weighted by Crippen LogP contribution is -2.36. The van der Waals surface area contributed by atoms with Crippen LogP contribution in [-0.4, -0.2) is 42.4 Å². The molecule has 6 nitrogen and oxygen atoms in total. The Morgan fingerprint density at radius 3 is 2.70 bits per heavy atom. The van der Waals surface area contributed by atoms with Crippen LogP contribution >= 0.6 is 0 Å². The highest BCUT2D eigenvalue weighted by Crippen LogP contribution is 2.20. The summed E-state index contributed by atoms with van der Waals surface area (Å²) in [5, 5.41) is 9.43. The number of anilines is 1. The van der Waals surface area contributed by atoms with E-state index in [1.807, 2.05) is 6.07 Å². The maximum Gasteiger partial charge on any atom is 0.352 e. The molecule has 1 aliphatic heterocycles. The number of H-pyrrole nitrogens is 1. The summed E-state index contributed by atoms with van der Waals surface area (Å²) >= 11 is 0. The third-order valence-electron chi connectivity index (χ3n) is 3.42. The second kappa shape index (κ2) is 4.97. The number of aromatic amines is 1. The molecule has 1 fully saturated rings. The number of carboxylic acids is 1. The highest BCUT2D eigenvalue weighted by atomic mass is 16.5. The van der Waals surface area contributed by atoms with Crippen molar-refractivity contribution in [3.63, 3.8) is 0 Å². The van der Waals surface area contributed by atoms with E-state index in [-0.39, 0.29) is 11.1 Å². The van der Waals surface area contributed by atoms with Crippen LogP contribution in [0.3, 0.4) is 0 Å². The average molecular weight is 274 g/mol. The fraction of sp³-hybridized carbons (Fsp3) is 0.286. The third kappa shape index (κ3) is 2.25. The van der Waals surface area contributed by atoms with E-state index >= 15 is 0 Å². The first kappa shape index (κ1) is 12.7. The summed E-state index contributed by atoms with van der Waals surface area (Å²) in [4.78, 5) is 27.8. The molecule has 20 heavy (non-hydrogen) atoms. The molecule has 0 amide bonds. The highest BCUT2D eigenvalue weighted by Gasteiger charge is 2.13. The van der Waals surface area contributed by atoms with Gasteiger partial charge in [0.05, 0.1) is 18.7 Å². The molecule has 0 atom stereocenters. The van der Waals surface area contributed by atoms with Crippen LogP contribution in [0.25, 0.3) is 10.9 Å². The molecule has 6 heteroatoms. The number of morpholine rings is 1. The number of nitrogens with zero attached hydrogens (tertiary/aromatic N) is 1. The molecule has 0 radical (unpaired) electrons. The SMILES string of the molecule is O=C(O)c1cc(=O)c2cc(N3CCOCC3)ccc2[nH]1. The van der Waals surface area contributed by atoms with Gasteiger partial charge < -0.3 is 19.7 Å². The molecule has 2 aromatic rings. The minimum Gasteiger partial charge on any atom is -0.477 e. The Bertz CT molecular complexity index is 717. The predicted octanol–water partition coefficient (Wildman–Crippen LogP) is 1.06. The number of rotatable bonds is 2. The number of carboxylic acid groups (broad SMARTS) is 1. The van der Waals surface area contributed by atoms with E-state index in [2.05, 4.69) is 9.88 Å². The minimum atomic E-state index is -1.14. The smallest absolute Gasteiger partial charge is 0.352 e. The van der Waals surface area contributed by atoms with Gasteiger partial charge in [-0.3, -0.25) is 4.79 Å². The van der Waals surface area contributed by atoms with Gasteiger partial charge in [0, 0.05) is 30.2 Å². The number of ether oxygens (including phenoxy) is 1. The molecule has 2 heterocycles. The zero-order valence-electron chi connectivity index (χ0n) is 10.8. The lowest BCUT2D eigenvalue weighted by Gasteiger charge is -2.29. The van der Waals surface area contributed by atoms with Crippen molar-refractivity contribution in [3.8, 4) is 0 Å². The second-order valence-electron chi connectivity index (χ2n) is 4.68. The van der Waals surface area contributed by atoms with Crippen molar-refractivity contribution in [2.75, 3.05) is 31.2 Å². The molecule has 0 aliphatic carbocycles. The lowest BCUT2D eigenvalue weighted by atomic mass is 10.1. The maximum atomic E-state index is 12.0. The van der Waals surface area contributed by atoms with Crippen molar-refractivity contribution < 1.29 is 14.6 Å². The van der Waals surface area contributed by atoms with Crippen molar-refractivity contribution in [1.29, 1.82) is 0 Å². The van der Waals surface area contributed by atoms with E-state index in [0.717, 1.165) is 24.8 Å². The molecular weight excluding hydrogens is 260 g/mol. The normalized spacial score (nSPS) is 15.5. The van der Waals surface area contributed by atoms with Gasteiger partial charge in [-0.05, 0) is 18.2 Å². The summed E-state index contributed by atoms with van der Waals surface area (Å²) in [5.41, 5.74) is 1.11. The third-order valence-corrected chi connectivity index (χ3v) is 3.42. The van der Waals surface area contributed by atoms with Gasteiger partial charge in [0.2, 0.25) is 0 Å². The van der Waals surface area contributed by atoms with Crippen LogP contribution in [0.1, 0.15) is 10.5 Å². The van der Waals surface area contributed by atoms with E-state index in [9.17, 15) is 9.59 Å². The standard InChI is InChI=1S/C14H14N2O4/c17-13-8-12(14(18)19)15-11-2-1-9(7-10(11)13)16-3-5-20-6-4-16/h1-2,7-8H,3-6H2,(H,15,17)(H,18,19). The lowest BCUT2D eigenvalue weighted by molar-refractivity contribution is 0.0691. The fourth-order valence-corrected chi connectivity index (χ4v) is 2.37. The zero-order chi connectivity index (χ0) is 14.1. The Labute approximate surface area is 114 Å². The second-order valence-corrected chi connectivity index (χ2v) is 4.68. The molecule has 2 N–H and O–H groups in total. The van der Waals surface area contributed by atoms with Gasteiger partial charge in [-0.25, -0.2) is 4.79 Å². The number of hydrogen-bond donors (Lipinski definition) is 2. The van der Waals surface area contributed by atoms with Crippen molar-refractivity contribution in [3.05, 3.63) is 40.2 Å². The largest absolute Gasteiger partial charge is 0.477 e. The summed E-state index contributed by atoms with van der Waals surface area (Å²) < 4.78 is 5.30. The van der Waals surface area contributed by atoms with Gasteiger partial charge in [-0.2, -0.15) is 0 Å². The Hall–Kier alpha value is -2.34. The van der Waals surface area contributed by atoms with E-state index in [1.165, 1.54) is 0 Å². The van der Waals surface area contributed by atoms with Crippen LogP contribution in [-0.2, 0) is 4.74 Å². The van der Waals surface area contributed by atoms with Crippen molar-refractivity contribution >= 4 is 22.6 Å². The molecular formula is C14H14N2O4. The van der Waals surface area contributed by atoms with E-state index < -0.39 is 5.97 Å². The first-order valence-electron chi connectivity index (χ1n) is 6.38. The first-order chi connectivity index (χ1) is 9.65. The number of fused-ring (bicyclic) bond motifs is 1. The monoisotopic (exact) mass is 274 g/mol. The number of aromatic carboxylic acids is 1. The summed E-state index contributed by atoms with van der Waals surface area (Å²) in [6, 6.07) is 6.54. The van der Waals surface area contributed by atoms with Crippen molar-refractivity contribution in [2.45, 2.75) is 0 Å². The Kier molecular flexibility index (Phi) is 3.15. The summed E-state index contributed by atoms with van der Waals surface area (Å²) in [6.45, 7) is 2.92. The van der Waals surface area contributed by atoms with Crippen LogP contribution in [0.15, 0.2) is 29.1 Å². The van der Waals surface area contributed by atoms with Crippen LogP contribution in [0.2, 0.25) is 0 Å². The molecule has 104 valence electrons. The van der Waals surface area contributed by atoms with Gasteiger partial charge in [0.1, 0.15) is 5.69 Å². The molecule has 0 spiro atoms. The zero-order valence-corrected chi connectivity index (χ0v) is 10.8. The predicted molar refractivity (Wildman–Crippen MR) is 74.6 cm³/mol. The van der Waals surface area contributed by atoms with Crippen molar-refractivity contribution in [2.24, 2.45) is 0 Å². The van der Waals surface area contributed by atoms with Gasteiger partial charge >= 0.3 is 5.97 Å². The van der Waals surface area contributed by atoms with Gasteiger partial charge in [0.25, 0.3) is 0 Å². The number of pyridine rings is 1. The van der Waals surface area contributed by atoms with E-state index in [1.54, 1.807) is 12.1 Å². The number of aromatic nitrogens is 1. The van der Waals surface area contributed by atoms with Gasteiger partial charge in [-0.1, -0.05) is 0 Å². The molecule has 1 aromatic heterocycles. The van der Waals surface area contributed by atoms with Gasteiger partial charge in [0.15, 0.2) is 5.43 Å². The molecule has 1 aliphatic rings. The number of hydrogen-bond acceptors (Lipinski definition) is 4. The number of carbonyl (C=O) groups is 1. The van der Waals surface area contributed by atoms with Crippen LogP contribution in [0.5, 0.6) is 0 Å². The molecule has 0 unspecified atom stereocenters. The average Bonchev–Trinajstić information content (AvgIpc) is 2.47. The van der Waals surface area contributed by atoms with Crippen LogP contribution < -0.4 is 10.3 Å². The number of benzene rings is 1. The van der Waals surface area contributed by atoms with Crippen molar-refractivity contribution in [1.82, 2.24) is 4.98 Å². The maximum absolute atomic E-state index is 12.0. The molecule has 1 aromatic carbocycles. The quantitative estimate of drug-likeness (QED) is 0.855. The topological polar surface area (TPSA) is 82.6 Å². The van der Waals surface area contributed by atoms with Gasteiger partial charge in [-0.15, -0.1) is 0 Å². The summed E-state index contributed by atoms with van der Waals surface area (Å²) in [7, 11) is 0. The molecule has 1 saturated heterocycles. The Balaban J connectivity index is 2.07. The molecule has 0 bridgehead atoms. The Morgan fingerprint density at radius 1 is 1.25 bits per heavy atom. The van der Waals surface area contributed by atoms with E-state index in [4.69, 9.17) is 9.84 Å². The summed E-state index contributed by atoms with van der Waals surface area (Å²) in [5.74, 6) is -1.14. The number of nitrogens with one attached hydrogen (secondary N) is 1. The van der Waals surface area contributed by atoms with Crippen LogP contribution in [0.4, 0.5) is 5.69 Å². The fourth-order valence-electron chi connectivity index (χ4n) is 2.37. The molecule has 0 saturated carbocycles. The van der Waals surface area contributed by atoms with E-state index in [0.29, 0.717) is 24.1 Å².